The Labute approximate surface area is 221 Å². The van der Waals surface area contributed by atoms with Crippen LogP contribution in [0.5, 0.6) is 0 Å². The van der Waals surface area contributed by atoms with Gasteiger partial charge in [0.2, 0.25) is 5.89 Å². The standard InChI is InChI=1S/C33H19N3OS/c1-2-9-20(10-3-1)33-35-27-19-21(17-18-28(27)37-33)32-34-26-15-6-4-12-24(26)30(36-32)25-14-8-13-23-22-11-5-7-16-29(22)38-31(23)25/h1-19H. The van der Waals surface area contributed by atoms with Crippen molar-refractivity contribution in [1.29, 1.82) is 0 Å². The van der Waals surface area contributed by atoms with Gasteiger partial charge in [-0.3, -0.25) is 0 Å². The Morgan fingerprint density at radius 1 is 0.553 bits per heavy atom. The lowest BCUT2D eigenvalue weighted by Crippen LogP contribution is -1.95. The smallest absolute Gasteiger partial charge is 0.227 e. The van der Waals surface area contributed by atoms with Gasteiger partial charge in [0.25, 0.3) is 0 Å². The quantitative estimate of drug-likeness (QED) is 0.240. The summed E-state index contributed by atoms with van der Waals surface area (Å²) < 4.78 is 8.55. The van der Waals surface area contributed by atoms with Crippen molar-refractivity contribution in [2.24, 2.45) is 0 Å². The Balaban J connectivity index is 1.34. The lowest BCUT2D eigenvalue weighted by molar-refractivity contribution is 0.620. The molecule has 0 unspecified atom stereocenters. The van der Waals surface area contributed by atoms with Crippen LogP contribution in [0.25, 0.3) is 76.3 Å². The van der Waals surface area contributed by atoms with Crippen molar-refractivity contribution in [3.8, 4) is 34.1 Å². The Morgan fingerprint density at radius 2 is 1.34 bits per heavy atom. The van der Waals surface area contributed by atoms with Crippen molar-refractivity contribution in [2.45, 2.75) is 0 Å². The molecule has 178 valence electrons. The molecular weight excluding hydrogens is 486 g/mol. The number of para-hydroxylation sites is 1. The molecule has 0 fully saturated rings. The van der Waals surface area contributed by atoms with Gasteiger partial charge >= 0.3 is 0 Å². The van der Waals surface area contributed by atoms with Gasteiger partial charge in [-0.1, -0.05) is 72.8 Å². The Kier molecular flexibility index (Phi) is 4.66. The number of fused-ring (bicyclic) bond motifs is 5. The van der Waals surface area contributed by atoms with Crippen LogP contribution in [-0.4, -0.2) is 15.0 Å². The zero-order valence-corrected chi connectivity index (χ0v) is 20.9. The highest BCUT2D eigenvalue weighted by Crippen LogP contribution is 2.41. The van der Waals surface area contributed by atoms with Gasteiger partial charge < -0.3 is 4.42 Å². The van der Waals surface area contributed by atoms with E-state index in [4.69, 9.17) is 19.4 Å². The van der Waals surface area contributed by atoms with E-state index >= 15 is 0 Å². The van der Waals surface area contributed by atoms with E-state index in [1.165, 1.54) is 20.2 Å². The first-order chi connectivity index (χ1) is 18.8. The van der Waals surface area contributed by atoms with Gasteiger partial charge in [0.15, 0.2) is 11.4 Å². The van der Waals surface area contributed by atoms with Gasteiger partial charge in [0, 0.05) is 42.2 Å². The summed E-state index contributed by atoms with van der Waals surface area (Å²) in [6.45, 7) is 0. The molecule has 0 N–H and O–H groups in total. The van der Waals surface area contributed by atoms with Crippen LogP contribution in [-0.2, 0) is 0 Å². The van der Waals surface area contributed by atoms with Crippen molar-refractivity contribution in [3.63, 3.8) is 0 Å². The summed E-state index contributed by atoms with van der Waals surface area (Å²) in [6.07, 6.45) is 0. The van der Waals surface area contributed by atoms with E-state index in [9.17, 15) is 0 Å². The molecular formula is C33H19N3OS. The van der Waals surface area contributed by atoms with E-state index in [1.807, 2.05) is 72.0 Å². The van der Waals surface area contributed by atoms with Crippen LogP contribution in [0.4, 0.5) is 0 Å². The second-order valence-electron chi connectivity index (χ2n) is 9.26. The average molecular weight is 506 g/mol. The van der Waals surface area contributed by atoms with Gasteiger partial charge in [-0.15, -0.1) is 11.3 Å². The van der Waals surface area contributed by atoms with Crippen molar-refractivity contribution < 1.29 is 4.42 Å². The van der Waals surface area contributed by atoms with Gasteiger partial charge in [0.1, 0.15) is 5.52 Å². The van der Waals surface area contributed by atoms with Gasteiger partial charge in [-0.2, -0.15) is 0 Å². The first-order valence-corrected chi connectivity index (χ1v) is 13.3. The highest BCUT2D eigenvalue weighted by Gasteiger charge is 2.17. The maximum absolute atomic E-state index is 6.03. The number of thiophene rings is 1. The summed E-state index contributed by atoms with van der Waals surface area (Å²) in [6, 6.07) is 39.2. The fourth-order valence-corrected chi connectivity index (χ4v) is 6.33. The van der Waals surface area contributed by atoms with E-state index in [2.05, 4.69) is 54.6 Å². The first-order valence-electron chi connectivity index (χ1n) is 12.5. The zero-order valence-electron chi connectivity index (χ0n) is 20.1. The predicted octanol–water partition coefficient (Wildman–Crippen LogP) is 9.14. The topological polar surface area (TPSA) is 51.8 Å². The molecule has 3 aromatic heterocycles. The number of benzene rings is 5. The molecule has 5 heteroatoms. The molecule has 38 heavy (non-hydrogen) atoms. The van der Waals surface area contributed by atoms with E-state index in [0.717, 1.165) is 44.4 Å². The minimum absolute atomic E-state index is 0.606. The van der Waals surface area contributed by atoms with Crippen LogP contribution < -0.4 is 0 Å². The molecule has 0 bridgehead atoms. The molecule has 8 aromatic rings. The van der Waals surface area contributed by atoms with Crippen molar-refractivity contribution in [1.82, 2.24) is 15.0 Å². The third-order valence-electron chi connectivity index (χ3n) is 6.93. The molecule has 0 spiro atoms. The molecule has 0 aliphatic rings. The summed E-state index contributed by atoms with van der Waals surface area (Å²) in [5.41, 5.74) is 6.35. The molecule has 0 amide bonds. The maximum Gasteiger partial charge on any atom is 0.227 e. The molecule has 8 rings (SSSR count). The van der Waals surface area contributed by atoms with E-state index in [-0.39, 0.29) is 0 Å². The fraction of sp³-hybridized carbons (Fsp3) is 0. The van der Waals surface area contributed by atoms with E-state index in [0.29, 0.717) is 11.7 Å². The zero-order chi connectivity index (χ0) is 25.1. The Morgan fingerprint density at radius 3 is 2.26 bits per heavy atom. The molecule has 0 saturated carbocycles. The van der Waals surface area contributed by atoms with E-state index in [1.54, 1.807) is 0 Å². The minimum Gasteiger partial charge on any atom is -0.436 e. The molecule has 4 nitrogen and oxygen atoms in total. The molecule has 3 heterocycles. The number of oxazole rings is 1. The largest absolute Gasteiger partial charge is 0.436 e. The van der Waals surface area contributed by atoms with Crippen molar-refractivity contribution in [3.05, 3.63) is 115 Å². The number of hydrogen-bond donors (Lipinski definition) is 0. The van der Waals surface area contributed by atoms with Crippen LogP contribution in [0.3, 0.4) is 0 Å². The molecule has 0 radical (unpaired) electrons. The molecule has 0 saturated heterocycles. The number of aromatic nitrogens is 3. The van der Waals surface area contributed by atoms with Gasteiger partial charge in [-0.05, 0) is 42.5 Å². The predicted molar refractivity (Wildman–Crippen MR) is 156 cm³/mol. The highest BCUT2D eigenvalue weighted by atomic mass is 32.1. The lowest BCUT2D eigenvalue weighted by Gasteiger charge is -2.10. The SMILES string of the molecule is c1ccc(-c2nc3cc(-c4nc(-c5cccc6c5sc5ccccc56)c5ccccc5n4)ccc3o2)cc1. The van der Waals surface area contributed by atoms with Gasteiger partial charge in [0.05, 0.1) is 11.2 Å². The van der Waals surface area contributed by atoms with Crippen LogP contribution in [0.2, 0.25) is 0 Å². The average Bonchev–Trinajstić information content (AvgIpc) is 3.58. The van der Waals surface area contributed by atoms with Gasteiger partial charge in [-0.25, -0.2) is 15.0 Å². The normalized spacial score (nSPS) is 11.7. The summed E-state index contributed by atoms with van der Waals surface area (Å²) in [4.78, 5) is 14.9. The third-order valence-corrected chi connectivity index (χ3v) is 8.15. The number of hydrogen-bond acceptors (Lipinski definition) is 5. The third kappa shape index (κ3) is 3.33. The summed E-state index contributed by atoms with van der Waals surface area (Å²) in [7, 11) is 0. The molecule has 0 aliphatic carbocycles. The van der Waals surface area contributed by atoms with Crippen LogP contribution in [0.15, 0.2) is 120 Å². The Bertz CT molecular complexity index is 2140. The lowest BCUT2D eigenvalue weighted by atomic mass is 10.0. The fourth-order valence-electron chi connectivity index (χ4n) is 5.12. The number of nitrogens with zero attached hydrogens (tertiary/aromatic N) is 3. The second-order valence-corrected chi connectivity index (χ2v) is 10.3. The Hall–Kier alpha value is -4.87. The first kappa shape index (κ1) is 21.2. The van der Waals surface area contributed by atoms with Crippen molar-refractivity contribution in [2.75, 3.05) is 0 Å². The maximum atomic E-state index is 6.03. The summed E-state index contributed by atoms with van der Waals surface area (Å²) in [5, 5.41) is 3.57. The highest BCUT2D eigenvalue weighted by molar-refractivity contribution is 7.26. The molecule has 0 atom stereocenters. The summed E-state index contributed by atoms with van der Waals surface area (Å²) in [5.74, 6) is 1.28. The summed E-state index contributed by atoms with van der Waals surface area (Å²) >= 11 is 1.81. The molecule has 0 aliphatic heterocycles. The van der Waals surface area contributed by atoms with Crippen LogP contribution >= 0.6 is 11.3 Å². The van der Waals surface area contributed by atoms with Crippen LogP contribution in [0.1, 0.15) is 0 Å². The van der Waals surface area contributed by atoms with Crippen molar-refractivity contribution >= 4 is 53.5 Å². The number of rotatable bonds is 3. The second kappa shape index (κ2) is 8.33. The van der Waals surface area contributed by atoms with E-state index < -0.39 is 0 Å². The molecule has 5 aromatic carbocycles. The monoisotopic (exact) mass is 505 g/mol. The van der Waals surface area contributed by atoms with Crippen LogP contribution in [0, 0.1) is 0 Å². The minimum atomic E-state index is 0.606.